The van der Waals surface area contributed by atoms with E-state index in [2.05, 4.69) is 6.92 Å². The van der Waals surface area contributed by atoms with Crippen LogP contribution >= 0.6 is 0 Å². The van der Waals surface area contributed by atoms with Gasteiger partial charge < -0.3 is 5.73 Å². The van der Waals surface area contributed by atoms with Crippen LogP contribution in [0.4, 0.5) is 0 Å². The normalized spacial score (nSPS) is 47.5. The van der Waals surface area contributed by atoms with E-state index in [1.54, 1.807) is 0 Å². The fraction of sp³-hybridized carbons (Fsp3) is 1.00. The Bertz CT molecular complexity index is 166. The number of hydrogen-bond donors (Lipinski definition) is 1. The van der Waals surface area contributed by atoms with Crippen molar-refractivity contribution in [3.63, 3.8) is 0 Å². The smallest absolute Gasteiger partial charge is 0.00433 e. The predicted octanol–water partition coefficient (Wildman–Crippen LogP) is 2.55. The second-order valence-corrected chi connectivity index (χ2v) is 5.04. The van der Waals surface area contributed by atoms with Gasteiger partial charge in [0.15, 0.2) is 0 Å². The van der Waals surface area contributed by atoms with E-state index in [9.17, 15) is 0 Å². The lowest BCUT2D eigenvalue weighted by molar-refractivity contribution is 0.388. The van der Waals surface area contributed by atoms with Crippen LogP contribution in [0.2, 0.25) is 0 Å². The topological polar surface area (TPSA) is 26.0 Å². The highest BCUT2D eigenvalue weighted by atomic mass is 14.7. The summed E-state index contributed by atoms with van der Waals surface area (Å²) in [4.78, 5) is 0. The summed E-state index contributed by atoms with van der Waals surface area (Å²) in [5.41, 5.74) is 6.46. The van der Waals surface area contributed by atoms with Gasteiger partial charge in [-0.3, -0.25) is 0 Å². The molecule has 2 aliphatic carbocycles. The van der Waals surface area contributed by atoms with Gasteiger partial charge in [-0.2, -0.15) is 0 Å². The van der Waals surface area contributed by atoms with Crippen LogP contribution in [0.1, 0.15) is 45.4 Å². The highest BCUT2D eigenvalue weighted by molar-refractivity contribution is 5.03. The van der Waals surface area contributed by atoms with Gasteiger partial charge in [-0.15, -0.1) is 0 Å². The molecular formula is C11H21N. The quantitative estimate of drug-likeness (QED) is 0.638. The molecule has 3 atom stereocenters. The molecule has 2 aliphatic rings. The van der Waals surface area contributed by atoms with Crippen molar-refractivity contribution in [1.82, 2.24) is 0 Å². The first kappa shape index (κ1) is 8.55. The standard InChI is InChI=1S/C11H21N/c1-9-3-2-5-11(6-4-9)7-10(11)8-12/h9-10H,2-8,12H2,1H3. The summed E-state index contributed by atoms with van der Waals surface area (Å²) in [5, 5.41) is 0. The molecular weight excluding hydrogens is 146 g/mol. The van der Waals surface area contributed by atoms with Gasteiger partial charge in [0.25, 0.3) is 0 Å². The van der Waals surface area contributed by atoms with E-state index in [0.717, 1.165) is 23.8 Å². The Hall–Kier alpha value is -0.0400. The Morgan fingerprint density at radius 1 is 1.33 bits per heavy atom. The minimum absolute atomic E-state index is 0.736. The summed E-state index contributed by atoms with van der Waals surface area (Å²) in [7, 11) is 0. The van der Waals surface area contributed by atoms with Crippen LogP contribution in [-0.4, -0.2) is 6.54 Å². The minimum Gasteiger partial charge on any atom is -0.330 e. The molecule has 0 saturated heterocycles. The molecule has 3 unspecified atom stereocenters. The molecule has 1 heteroatoms. The molecule has 1 nitrogen and oxygen atoms in total. The average Bonchev–Trinajstić information content (AvgIpc) is 2.79. The summed E-state index contributed by atoms with van der Waals surface area (Å²) >= 11 is 0. The minimum atomic E-state index is 0.736. The molecule has 2 fully saturated rings. The predicted molar refractivity (Wildman–Crippen MR) is 51.8 cm³/mol. The number of nitrogens with two attached hydrogens (primary N) is 1. The fourth-order valence-corrected chi connectivity index (χ4v) is 2.98. The maximum Gasteiger partial charge on any atom is -0.00433 e. The Kier molecular flexibility index (Phi) is 2.16. The zero-order chi connectivity index (χ0) is 8.60. The van der Waals surface area contributed by atoms with Crippen molar-refractivity contribution < 1.29 is 0 Å². The van der Waals surface area contributed by atoms with Crippen LogP contribution < -0.4 is 5.73 Å². The lowest BCUT2D eigenvalue weighted by atomic mass is 9.93. The number of hydrogen-bond acceptors (Lipinski definition) is 1. The monoisotopic (exact) mass is 167 g/mol. The first-order valence-electron chi connectivity index (χ1n) is 5.47. The molecule has 2 rings (SSSR count). The average molecular weight is 167 g/mol. The van der Waals surface area contributed by atoms with Gasteiger partial charge in [-0.1, -0.05) is 26.2 Å². The Labute approximate surface area is 75.7 Å². The summed E-state index contributed by atoms with van der Waals surface area (Å²) in [6.45, 7) is 3.34. The summed E-state index contributed by atoms with van der Waals surface area (Å²) in [6, 6.07) is 0. The van der Waals surface area contributed by atoms with Crippen molar-refractivity contribution in [2.75, 3.05) is 6.54 Å². The lowest BCUT2D eigenvalue weighted by Gasteiger charge is -2.13. The fourth-order valence-electron chi connectivity index (χ4n) is 2.98. The second-order valence-electron chi connectivity index (χ2n) is 5.04. The van der Waals surface area contributed by atoms with E-state index in [0.29, 0.717) is 0 Å². The van der Waals surface area contributed by atoms with Gasteiger partial charge in [0.2, 0.25) is 0 Å². The largest absolute Gasteiger partial charge is 0.330 e. The van der Waals surface area contributed by atoms with Crippen LogP contribution in [0.25, 0.3) is 0 Å². The molecule has 12 heavy (non-hydrogen) atoms. The lowest BCUT2D eigenvalue weighted by Crippen LogP contribution is -2.10. The highest BCUT2D eigenvalue weighted by Crippen LogP contribution is 2.60. The summed E-state index contributed by atoms with van der Waals surface area (Å²) < 4.78 is 0. The highest BCUT2D eigenvalue weighted by Gasteiger charge is 2.52. The third kappa shape index (κ3) is 1.39. The van der Waals surface area contributed by atoms with Crippen molar-refractivity contribution >= 4 is 0 Å². The molecule has 0 radical (unpaired) electrons. The zero-order valence-corrected chi connectivity index (χ0v) is 8.18. The van der Waals surface area contributed by atoms with E-state index >= 15 is 0 Å². The van der Waals surface area contributed by atoms with Gasteiger partial charge >= 0.3 is 0 Å². The third-order valence-electron chi connectivity index (χ3n) is 4.15. The molecule has 0 aliphatic heterocycles. The van der Waals surface area contributed by atoms with E-state index in [1.165, 1.54) is 38.5 Å². The Balaban J connectivity index is 1.92. The molecule has 1 spiro atoms. The number of rotatable bonds is 1. The van der Waals surface area contributed by atoms with Crippen molar-refractivity contribution in [3.05, 3.63) is 0 Å². The SMILES string of the molecule is CC1CCCC2(CC1)CC2CN. The third-order valence-corrected chi connectivity index (χ3v) is 4.15. The van der Waals surface area contributed by atoms with Crippen LogP contribution in [0, 0.1) is 17.3 Å². The van der Waals surface area contributed by atoms with Crippen molar-refractivity contribution in [1.29, 1.82) is 0 Å². The second kappa shape index (κ2) is 3.02. The molecule has 0 aromatic carbocycles. The van der Waals surface area contributed by atoms with Gasteiger partial charge in [0.1, 0.15) is 0 Å². The van der Waals surface area contributed by atoms with E-state index < -0.39 is 0 Å². The molecule has 2 saturated carbocycles. The van der Waals surface area contributed by atoms with Gasteiger partial charge in [0.05, 0.1) is 0 Å². The molecule has 0 aromatic heterocycles. The molecule has 2 N–H and O–H groups in total. The Morgan fingerprint density at radius 2 is 2.17 bits per heavy atom. The molecule has 70 valence electrons. The van der Waals surface area contributed by atoms with Crippen LogP contribution in [-0.2, 0) is 0 Å². The van der Waals surface area contributed by atoms with Crippen LogP contribution in [0.5, 0.6) is 0 Å². The van der Waals surface area contributed by atoms with E-state index in [-0.39, 0.29) is 0 Å². The van der Waals surface area contributed by atoms with Crippen molar-refractivity contribution in [2.45, 2.75) is 45.4 Å². The first-order chi connectivity index (χ1) is 5.77. The summed E-state index contributed by atoms with van der Waals surface area (Å²) in [5.74, 6) is 1.87. The maximum atomic E-state index is 5.73. The van der Waals surface area contributed by atoms with E-state index in [4.69, 9.17) is 5.73 Å². The molecule has 0 amide bonds. The van der Waals surface area contributed by atoms with Gasteiger partial charge in [-0.25, -0.2) is 0 Å². The molecule has 0 heterocycles. The summed E-state index contributed by atoms with van der Waals surface area (Å²) in [6.07, 6.45) is 8.75. The molecule has 0 aromatic rings. The zero-order valence-electron chi connectivity index (χ0n) is 8.18. The van der Waals surface area contributed by atoms with Crippen molar-refractivity contribution in [2.24, 2.45) is 23.0 Å². The maximum absolute atomic E-state index is 5.73. The van der Waals surface area contributed by atoms with Crippen LogP contribution in [0.15, 0.2) is 0 Å². The first-order valence-corrected chi connectivity index (χ1v) is 5.47. The van der Waals surface area contributed by atoms with Crippen molar-refractivity contribution in [3.8, 4) is 0 Å². The van der Waals surface area contributed by atoms with E-state index in [1.807, 2.05) is 0 Å². The Morgan fingerprint density at radius 3 is 2.83 bits per heavy atom. The van der Waals surface area contributed by atoms with Gasteiger partial charge in [-0.05, 0) is 43.1 Å². The molecule has 0 bridgehead atoms. The van der Waals surface area contributed by atoms with Crippen LogP contribution in [0.3, 0.4) is 0 Å². The van der Waals surface area contributed by atoms with Gasteiger partial charge in [0, 0.05) is 0 Å².